The Bertz CT molecular complexity index is 641. The number of rotatable bonds is 15. The molecule has 0 heterocycles. The minimum Gasteiger partial charge on any atom is -0.744 e. The van der Waals surface area contributed by atoms with Gasteiger partial charge in [-0.1, -0.05) is 78.2 Å². The molecule has 0 spiro atoms. The van der Waals surface area contributed by atoms with Gasteiger partial charge in [-0.2, -0.15) is 0 Å². The summed E-state index contributed by atoms with van der Waals surface area (Å²) in [6.45, 7) is 6.46. The van der Waals surface area contributed by atoms with E-state index in [1.165, 1.54) is 44.1 Å². The zero-order valence-electron chi connectivity index (χ0n) is 18.7. The van der Waals surface area contributed by atoms with Crippen molar-refractivity contribution in [3.63, 3.8) is 0 Å². The molecule has 3 nitrogen and oxygen atoms in total. The first-order valence-corrected chi connectivity index (χ1v) is 12.4. The summed E-state index contributed by atoms with van der Waals surface area (Å²) in [5.41, 5.74) is 3.05. The number of benzene rings is 1. The summed E-state index contributed by atoms with van der Waals surface area (Å²) in [5.74, 6) is 0. The fourth-order valence-corrected chi connectivity index (χ4v) is 4.39. The molecule has 0 aliphatic rings. The summed E-state index contributed by atoms with van der Waals surface area (Å²) >= 11 is 0. The van der Waals surface area contributed by atoms with Gasteiger partial charge in [-0.25, -0.2) is 8.42 Å². The summed E-state index contributed by atoms with van der Waals surface area (Å²) < 4.78 is 35.4. The van der Waals surface area contributed by atoms with Crippen LogP contribution >= 0.6 is 0 Å². The second-order valence-corrected chi connectivity index (χ2v) is 9.11. The third kappa shape index (κ3) is 10.8. The van der Waals surface area contributed by atoms with Gasteiger partial charge in [0.15, 0.2) is 0 Å². The molecule has 0 aromatic heterocycles. The molecule has 0 saturated carbocycles. The molecule has 1 aromatic carbocycles. The first-order valence-electron chi connectivity index (χ1n) is 11.0. The molecule has 0 saturated heterocycles. The molecule has 5 heteroatoms. The van der Waals surface area contributed by atoms with Crippen LogP contribution in [0.2, 0.25) is 0 Å². The van der Waals surface area contributed by atoms with Crippen molar-refractivity contribution in [2.24, 2.45) is 0 Å². The van der Waals surface area contributed by atoms with E-state index in [1.807, 2.05) is 6.07 Å². The molecule has 0 amide bonds. The van der Waals surface area contributed by atoms with E-state index < -0.39 is 10.1 Å². The quantitative estimate of drug-likeness (QED) is 0.249. The van der Waals surface area contributed by atoms with Gasteiger partial charge in [-0.3, -0.25) is 0 Å². The molecular formula is C23H39NaO3S. The Balaban J connectivity index is 0.00000729. The summed E-state index contributed by atoms with van der Waals surface area (Å²) in [6, 6.07) is 3.72. The Hall–Kier alpha value is 0.130. The van der Waals surface area contributed by atoms with Crippen LogP contribution in [0.1, 0.15) is 108 Å². The molecule has 1 aromatic rings. The van der Waals surface area contributed by atoms with Crippen LogP contribution in [0.4, 0.5) is 0 Å². The van der Waals surface area contributed by atoms with Crippen LogP contribution in [0, 0.1) is 0 Å². The Morgan fingerprint density at radius 3 is 1.61 bits per heavy atom. The maximum atomic E-state index is 11.8. The van der Waals surface area contributed by atoms with E-state index in [1.54, 1.807) is 6.07 Å². The Morgan fingerprint density at radius 2 is 1.07 bits per heavy atom. The van der Waals surface area contributed by atoms with Crippen molar-refractivity contribution < 1.29 is 42.5 Å². The van der Waals surface area contributed by atoms with Crippen LogP contribution in [-0.4, -0.2) is 13.0 Å². The standard InChI is InChI=1S/C23H40O3S.Na/c1-4-7-10-11-12-13-14-17-20-18-22(16-9-6-3)23(27(24,25)26)19-21(20)15-8-5-2;/h18-19H,4-17H2,1-3H3,(H,24,25,26);/q;+1/p-1. The minimum atomic E-state index is -4.42. The zero-order chi connectivity index (χ0) is 20.1. The van der Waals surface area contributed by atoms with Crippen molar-refractivity contribution in [1.29, 1.82) is 0 Å². The largest absolute Gasteiger partial charge is 1.00 e. The van der Waals surface area contributed by atoms with E-state index in [0.29, 0.717) is 6.42 Å². The molecule has 0 N–H and O–H groups in total. The maximum Gasteiger partial charge on any atom is 1.00 e. The van der Waals surface area contributed by atoms with E-state index in [9.17, 15) is 13.0 Å². The fourth-order valence-electron chi connectivity index (χ4n) is 3.62. The summed E-state index contributed by atoms with van der Waals surface area (Å²) in [5, 5.41) is 0. The zero-order valence-corrected chi connectivity index (χ0v) is 21.5. The molecule has 0 atom stereocenters. The summed E-state index contributed by atoms with van der Waals surface area (Å²) in [6.07, 6.45) is 15.4. The number of unbranched alkanes of at least 4 members (excludes halogenated alkanes) is 8. The molecule has 0 unspecified atom stereocenters. The smallest absolute Gasteiger partial charge is 0.744 e. The second-order valence-electron chi connectivity index (χ2n) is 7.76. The van der Waals surface area contributed by atoms with Crippen molar-refractivity contribution >= 4 is 10.1 Å². The van der Waals surface area contributed by atoms with E-state index >= 15 is 0 Å². The van der Waals surface area contributed by atoms with Gasteiger partial charge in [-0.15, -0.1) is 0 Å². The Morgan fingerprint density at radius 1 is 0.643 bits per heavy atom. The van der Waals surface area contributed by atoms with Gasteiger partial charge in [0.2, 0.25) is 0 Å². The fraction of sp³-hybridized carbons (Fsp3) is 0.739. The maximum absolute atomic E-state index is 11.8. The average molecular weight is 419 g/mol. The van der Waals surface area contributed by atoms with Crippen molar-refractivity contribution in [3.8, 4) is 0 Å². The van der Waals surface area contributed by atoms with Crippen LogP contribution < -0.4 is 29.6 Å². The van der Waals surface area contributed by atoms with E-state index in [4.69, 9.17) is 0 Å². The predicted octanol–water partition coefficient (Wildman–Crippen LogP) is 3.57. The van der Waals surface area contributed by atoms with Crippen LogP contribution in [0.5, 0.6) is 0 Å². The van der Waals surface area contributed by atoms with Gasteiger partial charge >= 0.3 is 29.6 Å². The predicted molar refractivity (Wildman–Crippen MR) is 113 cm³/mol. The van der Waals surface area contributed by atoms with Gasteiger partial charge in [0.1, 0.15) is 10.1 Å². The SMILES string of the molecule is CCCCCCCCCc1cc(CCCC)c(S(=O)(=O)[O-])cc1CCCC.[Na+]. The number of aryl methyl sites for hydroxylation is 3. The normalized spacial score (nSPS) is 11.4. The average Bonchev–Trinajstić information content (AvgIpc) is 2.63. The molecular weight excluding hydrogens is 379 g/mol. The van der Waals surface area contributed by atoms with Crippen molar-refractivity contribution in [1.82, 2.24) is 0 Å². The molecule has 0 aliphatic carbocycles. The molecule has 0 radical (unpaired) electrons. The molecule has 0 aliphatic heterocycles. The third-order valence-electron chi connectivity index (χ3n) is 5.30. The molecule has 1 rings (SSSR count). The molecule has 156 valence electrons. The Labute approximate surface area is 196 Å². The summed E-state index contributed by atoms with van der Waals surface area (Å²) in [4.78, 5) is 0.0189. The van der Waals surface area contributed by atoms with Crippen molar-refractivity contribution in [2.75, 3.05) is 0 Å². The number of hydrogen-bond acceptors (Lipinski definition) is 3. The molecule has 0 bridgehead atoms. The second kappa shape index (κ2) is 15.9. The van der Waals surface area contributed by atoms with Crippen LogP contribution in [-0.2, 0) is 29.4 Å². The van der Waals surface area contributed by atoms with Gasteiger partial charge in [0, 0.05) is 0 Å². The van der Waals surface area contributed by atoms with Crippen molar-refractivity contribution in [3.05, 3.63) is 28.8 Å². The van der Waals surface area contributed by atoms with E-state index in [2.05, 4.69) is 20.8 Å². The monoisotopic (exact) mass is 418 g/mol. The Kier molecular flexibility index (Phi) is 16.0. The van der Waals surface area contributed by atoms with Gasteiger partial charge < -0.3 is 4.55 Å². The van der Waals surface area contributed by atoms with Gasteiger partial charge in [0.25, 0.3) is 0 Å². The van der Waals surface area contributed by atoms with Gasteiger partial charge in [0.05, 0.1) is 4.90 Å². The van der Waals surface area contributed by atoms with E-state index in [-0.39, 0.29) is 34.5 Å². The van der Waals surface area contributed by atoms with Gasteiger partial charge in [-0.05, 0) is 61.3 Å². The first kappa shape index (κ1) is 28.1. The van der Waals surface area contributed by atoms with Crippen LogP contribution in [0.15, 0.2) is 17.0 Å². The van der Waals surface area contributed by atoms with Crippen LogP contribution in [0.3, 0.4) is 0 Å². The van der Waals surface area contributed by atoms with E-state index in [0.717, 1.165) is 56.1 Å². The van der Waals surface area contributed by atoms with Crippen LogP contribution in [0.25, 0.3) is 0 Å². The minimum absolute atomic E-state index is 0. The summed E-state index contributed by atoms with van der Waals surface area (Å²) in [7, 11) is -4.42. The molecule has 0 fully saturated rings. The topological polar surface area (TPSA) is 57.2 Å². The first-order chi connectivity index (χ1) is 12.9. The van der Waals surface area contributed by atoms with Crippen molar-refractivity contribution in [2.45, 2.75) is 116 Å². The molecule has 28 heavy (non-hydrogen) atoms. The third-order valence-corrected chi connectivity index (χ3v) is 6.22. The number of hydrogen-bond donors (Lipinski definition) is 0.